The lowest BCUT2D eigenvalue weighted by molar-refractivity contribution is -0.890. The summed E-state index contributed by atoms with van der Waals surface area (Å²) in [4.78, 5) is 0. The molecule has 0 unspecified atom stereocenters. The minimum absolute atomic E-state index is 0.0505. The molecule has 0 amide bonds. The fraction of sp³-hybridized carbons (Fsp3) is 0.867. The number of hydrogen-bond donors (Lipinski definition) is 0. The number of quaternary nitrogens is 1. The molecule has 0 fully saturated rings. The molecule has 2 nitrogen and oxygen atoms in total. The second-order valence-electron chi connectivity index (χ2n) is 5.83. The van der Waals surface area contributed by atoms with E-state index in [-0.39, 0.29) is 5.76 Å². The molecule has 0 aliphatic carbocycles. The van der Waals surface area contributed by atoms with Gasteiger partial charge in [0.1, 0.15) is 0 Å². The highest BCUT2D eigenvalue weighted by Crippen LogP contribution is 2.10. The molecule has 0 atom stereocenters. The first-order valence-electron chi connectivity index (χ1n) is 7.15. The summed E-state index contributed by atoms with van der Waals surface area (Å²) in [6, 6.07) is 0. The van der Waals surface area contributed by atoms with Crippen LogP contribution in [-0.2, 0) is 0 Å². The van der Waals surface area contributed by atoms with Crippen LogP contribution in [0.5, 0.6) is 0 Å². The van der Waals surface area contributed by atoms with Gasteiger partial charge in [0.15, 0.2) is 0 Å². The van der Waals surface area contributed by atoms with Crippen molar-refractivity contribution in [1.29, 1.82) is 0 Å². The molecule has 0 bridgehead atoms. The van der Waals surface area contributed by atoms with Gasteiger partial charge in [0.05, 0.1) is 27.2 Å². The van der Waals surface area contributed by atoms with Gasteiger partial charge in [-0.15, -0.1) is 6.58 Å². The van der Waals surface area contributed by atoms with Gasteiger partial charge in [0.25, 0.3) is 0 Å². The van der Waals surface area contributed by atoms with Gasteiger partial charge in [0.2, 0.25) is 0 Å². The predicted octanol–water partition coefficient (Wildman–Crippen LogP) is 3.08. The Morgan fingerprint density at radius 2 is 1.41 bits per heavy atom. The highest BCUT2D eigenvalue weighted by atomic mass is 16.3. The molecule has 17 heavy (non-hydrogen) atoms. The van der Waals surface area contributed by atoms with E-state index in [9.17, 15) is 5.11 Å². The molecular formula is C15H31NO. The van der Waals surface area contributed by atoms with E-state index in [1.54, 1.807) is 0 Å². The largest absolute Gasteiger partial charge is 0.872 e. The van der Waals surface area contributed by atoms with Crippen molar-refractivity contribution in [2.24, 2.45) is 0 Å². The SMILES string of the molecule is C=C([O-])C[N+](C)(C)CCCCCCCCCC. The molecule has 0 saturated carbocycles. The molecule has 0 radical (unpaired) electrons. The van der Waals surface area contributed by atoms with Crippen LogP contribution in [0.15, 0.2) is 12.3 Å². The van der Waals surface area contributed by atoms with E-state index >= 15 is 0 Å². The molecule has 0 aromatic rings. The zero-order chi connectivity index (χ0) is 13.1. The van der Waals surface area contributed by atoms with E-state index in [4.69, 9.17) is 0 Å². The lowest BCUT2D eigenvalue weighted by Crippen LogP contribution is -2.43. The van der Waals surface area contributed by atoms with Gasteiger partial charge in [-0.25, -0.2) is 0 Å². The number of rotatable bonds is 11. The highest BCUT2D eigenvalue weighted by Gasteiger charge is 2.12. The third kappa shape index (κ3) is 11.8. The first-order valence-corrected chi connectivity index (χ1v) is 7.15. The monoisotopic (exact) mass is 241 g/mol. The van der Waals surface area contributed by atoms with E-state index < -0.39 is 0 Å². The van der Waals surface area contributed by atoms with Crippen molar-refractivity contribution in [2.75, 3.05) is 27.2 Å². The van der Waals surface area contributed by atoms with Crippen LogP contribution in [0.3, 0.4) is 0 Å². The van der Waals surface area contributed by atoms with Crippen molar-refractivity contribution in [1.82, 2.24) is 0 Å². The van der Waals surface area contributed by atoms with Crippen molar-refractivity contribution < 1.29 is 9.59 Å². The maximum atomic E-state index is 11.0. The van der Waals surface area contributed by atoms with E-state index in [0.29, 0.717) is 6.54 Å². The second-order valence-corrected chi connectivity index (χ2v) is 5.83. The lowest BCUT2D eigenvalue weighted by Gasteiger charge is -2.32. The van der Waals surface area contributed by atoms with E-state index in [0.717, 1.165) is 11.0 Å². The van der Waals surface area contributed by atoms with Gasteiger partial charge in [-0.1, -0.05) is 51.2 Å². The Hall–Kier alpha value is -0.500. The van der Waals surface area contributed by atoms with Crippen molar-refractivity contribution in [2.45, 2.75) is 58.3 Å². The molecule has 0 aromatic heterocycles. The van der Waals surface area contributed by atoms with Gasteiger partial charge in [-0.3, -0.25) is 0 Å². The Labute approximate surface area is 108 Å². The Kier molecular flexibility index (Phi) is 9.24. The van der Waals surface area contributed by atoms with Gasteiger partial charge in [-0.05, 0) is 12.8 Å². The lowest BCUT2D eigenvalue weighted by atomic mass is 10.1. The van der Waals surface area contributed by atoms with Crippen molar-refractivity contribution in [3.05, 3.63) is 12.3 Å². The van der Waals surface area contributed by atoms with Crippen LogP contribution in [0.2, 0.25) is 0 Å². The van der Waals surface area contributed by atoms with Crippen LogP contribution in [-0.4, -0.2) is 31.7 Å². The average molecular weight is 241 g/mol. The number of hydrogen-bond acceptors (Lipinski definition) is 1. The van der Waals surface area contributed by atoms with Crippen molar-refractivity contribution >= 4 is 0 Å². The fourth-order valence-electron chi connectivity index (χ4n) is 2.23. The standard InChI is InChI=1S/C15H31NO/c1-5-6-7-8-9-10-11-12-13-16(3,4)14-15(2)17/h2,5-14H2,1,3-4H3. The zero-order valence-electron chi connectivity index (χ0n) is 12.1. The van der Waals surface area contributed by atoms with Gasteiger partial charge < -0.3 is 9.59 Å². The third-order valence-corrected chi connectivity index (χ3v) is 3.22. The van der Waals surface area contributed by atoms with Crippen LogP contribution >= 0.6 is 0 Å². The third-order valence-electron chi connectivity index (χ3n) is 3.22. The average Bonchev–Trinajstić information content (AvgIpc) is 2.20. The molecule has 0 aliphatic heterocycles. The van der Waals surface area contributed by atoms with Crippen molar-refractivity contribution in [3.8, 4) is 0 Å². The molecule has 0 aromatic carbocycles. The van der Waals surface area contributed by atoms with Crippen LogP contribution in [0, 0.1) is 0 Å². The molecule has 0 spiro atoms. The van der Waals surface area contributed by atoms with Crippen LogP contribution in [0.25, 0.3) is 0 Å². The topological polar surface area (TPSA) is 23.1 Å². The Morgan fingerprint density at radius 3 is 1.88 bits per heavy atom. The maximum absolute atomic E-state index is 11.0. The summed E-state index contributed by atoms with van der Waals surface area (Å²) in [6.45, 7) is 7.37. The Balaban J connectivity index is 3.35. The maximum Gasteiger partial charge on any atom is 0.0893 e. The molecule has 0 heterocycles. The summed E-state index contributed by atoms with van der Waals surface area (Å²) in [7, 11) is 4.23. The molecule has 0 aliphatic rings. The Bertz CT molecular complexity index is 199. The molecule has 0 saturated heterocycles. The van der Waals surface area contributed by atoms with E-state index in [1.807, 2.05) is 0 Å². The normalized spacial score (nSPS) is 11.7. The van der Waals surface area contributed by atoms with Gasteiger partial charge >= 0.3 is 0 Å². The molecule has 0 N–H and O–H groups in total. The highest BCUT2D eigenvalue weighted by molar-refractivity contribution is 4.75. The summed E-state index contributed by atoms with van der Waals surface area (Å²) < 4.78 is 0.790. The first kappa shape index (κ1) is 16.5. The quantitative estimate of drug-likeness (QED) is 0.310. The summed E-state index contributed by atoms with van der Waals surface area (Å²) in [5.41, 5.74) is 0. The first-order chi connectivity index (χ1) is 7.98. The van der Waals surface area contributed by atoms with Crippen molar-refractivity contribution in [3.63, 3.8) is 0 Å². The molecule has 102 valence electrons. The summed E-state index contributed by atoms with van der Waals surface area (Å²) in [5, 5.41) is 11.0. The summed E-state index contributed by atoms with van der Waals surface area (Å²) in [6.07, 6.45) is 10.8. The molecular weight excluding hydrogens is 210 g/mol. The van der Waals surface area contributed by atoms with Gasteiger partial charge in [-0.2, -0.15) is 0 Å². The molecule has 0 rings (SSSR count). The van der Waals surface area contributed by atoms with E-state index in [1.165, 1.54) is 51.4 Å². The predicted molar refractivity (Wildman–Crippen MR) is 73.6 cm³/mol. The summed E-state index contributed by atoms with van der Waals surface area (Å²) >= 11 is 0. The van der Waals surface area contributed by atoms with E-state index in [2.05, 4.69) is 27.6 Å². The van der Waals surface area contributed by atoms with Gasteiger partial charge in [0, 0.05) is 0 Å². The Morgan fingerprint density at radius 1 is 0.941 bits per heavy atom. The van der Waals surface area contributed by atoms with Crippen LogP contribution in [0.1, 0.15) is 58.3 Å². The minimum Gasteiger partial charge on any atom is -0.872 e. The number of unbranched alkanes of at least 4 members (excludes halogenated alkanes) is 7. The molecule has 2 heteroatoms. The summed E-state index contributed by atoms with van der Waals surface area (Å²) in [5.74, 6) is 0.0505. The van der Waals surface area contributed by atoms with Crippen LogP contribution in [0.4, 0.5) is 0 Å². The van der Waals surface area contributed by atoms with Crippen LogP contribution < -0.4 is 5.11 Å². The number of likely N-dealkylation sites (N-methyl/N-ethyl adjacent to an activating group) is 1. The fourth-order valence-corrected chi connectivity index (χ4v) is 2.23. The zero-order valence-corrected chi connectivity index (χ0v) is 12.1. The minimum atomic E-state index is 0.0505. The second kappa shape index (κ2) is 9.52. The smallest absolute Gasteiger partial charge is 0.0893 e. The number of nitrogens with zero attached hydrogens (tertiary/aromatic N) is 1.